The van der Waals surface area contributed by atoms with Crippen molar-refractivity contribution in [1.82, 2.24) is 14.8 Å². The molecule has 3 nitrogen and oxygen atoms in total. The molecule has 0 radical (unpaired) electrons. The molecule has 0 amide bonds. The van der Waals surface area contributed by atoms with Crippen molar-refractivity contribution in [3.8, 4) is 28.5 Å². The maximum Gasteiger partial charge on any atom is 0.182 e. The third-order valence-electron chi connectivity index (χ3n) is 7.29. The molecule has 202 valence electrons. The van der Waals surface area contributed by atoms with Crippen LogP contribution in [0.15, 0.2) is 60.7 Å². The van der Waals surface area contributed by atoms with Gasteiger partial charge in [0.2, 0.25) is 0 Å². The van der Waals surface area contributed by atoms with E-state index in [2.05, 4.69) is 65.8 Å². The summed E-state index contributed by atoms with van der Waals surface area (Å²) in [5, 5.41) is 5.00. The standard InChI is InChI=1S/C29H32FN3.C5H12/c1-18-11-10-12-23(17-18)27-31-28(24-13-8-9-14-25(24)29(6,7)22(5)30)33(32-27)26-20(3)15-19(2)16-21(26)4;1-3-5-4-2/h8-17,22H,1-7H3;3-5H2,1-2H3/t22-;/m1./s1. The predicted octanol–water partition coefficient (Wildman–Crippen LogP) is 9.67. The Balaban J connectivity index is 0.000000732. The number of nitrogens with zero attached hydrogens (tertiary/aromatic N) is 3. The van der Waals surface area contributed by atoms with Crippen LogP contribution in [0, 0.1) is 27.7 Å². The zero-order chi connectivity index (χ0) is 28.0. The highest BCUT2D eigenvalue weighted by Crippen LogP contribution is 2.38. The molecule has 4 aromatic rings. The molecule has 0 aliphatic carbocycles. The summed E-state index contributed by atoms with van der Waals surface area (Å²) >= 11 is 0. The number of benzene rings is 3. The lowest BCUT2D eigenvalue weighted by molar-refractivity contribution is 0.237. The van der Waals surface area contributed by atoms with Crippen molar-refractivity contribution in [2.24, 2.45) is 0 Å². The molecule has 0 fully saturated rings. The van der Waals surface area contributed by atoms with E-state index in [4.69, 9.17) is 10.1 Å². The van der Waals surface area contributed by atoms with Crippen molar-refractivity contribution >= 4 is 0 Å². The second kappa shape index (κ2) is 12.5. The van der Waals surface area contributed by atoms with Crippen molar-refractivity contribution in [2.75, 3.05) is 0 Å². The lowest BCUT2D eigenvalue weighted by atomic mass is 9.78. The molecule has 1 heterocycles. The van der Waals surface area contributed by atoms with Gasteiger partial charge in [0.25, 0.3) is 0 Å². The van der Waals surface area contributed by atoms with Gasteiger partial charge in [-0.15, -0.1) is 5.10 Å². The van der Waals surface area contributed by atoms with E-state index < -0.39 is 11.6 Å². The Kier molecular flexibility index (Phi) is 9.65. The molecule has 3 aromatic carbocycles. The van der Waals surface area contributed by atoms with E-state index >= 15 is 0 Å². The van der Waals surface area contributed by atoms with Gasteiger partial charge in [-0.3, -0.25) is 0 Å². The van der Waals surface area contributed by atoms with Crippen LogP contribution in [0.3, 0.4) is 0 Å². The molecular weight excluding hydrogens is 469 g/mol. The molecule has 0 aliphatic heterocycles. The molecule has 0 unspecified atom stereocenters. The number of unbranched alkanes of at least 4 members (excludes halogenated alkanes) is 2. The van der Waals surface area contributed by atoms with E-state index in [0.717, 1.165) is 44.9 Å². The lowest BCUT2D eigenvalue weighted by Crippen LogP contribution is -2.28. The average molecular weight is 514 g/mol. The van der Waals surface area contributed by atoms with E-state index in [9.17, 15) is 4.39 Å². The Morgan fingerprint density at radius 3 is 2.03 bits per heavy atom. The maximum atomic E-state index is 14.7. The largest absolute Gasteiger partial charge is 0.247 e. The van der Waals surface area contributed by atoms with Crippen LogP contribution in [0.2, 0.25) is 0 Å². The van der Waals surface area contributed by atoms with Crippen LogP contribution in [0.1, 0.15) is 81.7 Å². The average Bonchev–Trinajstić information content (AvgIpc) is 3.29. The fraction of sp³-hybridized carbons (Fsp3) is 0.412. The van der Waals surface area contributed by atoms with Crippen LogP contribution in [-0.4, -0.2) is 20.9 Å². The Bertz CT molecular complexity index is 1340. The summed E-state index contributed by atoms with van der Waals surface area (Å²) in [4.78, 5) is 5.04. The van der Waals surface area contributed by atoms with E-state index in [1.165, 1.54) is 24.8 Å². The van der Waals surface area contributed by atoms with E-state index in [1.54, 1.807) is 6.92 Å². The first-order chi connectivity index (χ1) is 18.0. The first-order valence-corrected chi connectivity index (χ1v) is 13.9. The summed E-state index contributed by atoms with van der Waals surface area (Å²) in [6.45, 7) is 18.3. The van der Waals surface area contributed by atoms with Crippen LogP contribution < -0.4 is 0 Å². The molecule has 0 N–H and O–H groups in total. The fourth-order valence-corrected chi connectivity index (χ4v) is 4.86. The quantitative estimate of drug-likeness (QED) is 0.246. The molecule has 1 atom stereocenters. The fourth-order valence-electron chi connectivity index (χ4n) is 4.86. The molecule has 0 aliphatic rings. The summed E-state index contributed by atoms with van der Waals surface area (Å²) in [6, 6.07) is 20.5. The molecule has 0 saturated carbocycles. The highest BCUT2D eigenvalue weighted by molar-refractivity contribution is 5.69. The molecule has 4 rings (SSSR count). The first-order valence-electron chi connectivity index (χ1n) is 13.9. The third-order valence-corrected chi connectivity index (χ3v) is 7.29. The van der Waals surface area contributed by atoms with Crippen molar-refractivity contribution in [3.63, 3.8) is 0 Å². The minimum atomic E-state index is -1.02. The second-order valence-corrected chi connectivity index (χ2v) is 11.0. The number of aryl methyl sites for hydroxylation is 4. The van der Waals surface area contributed by atoms with Gasteiger partial charge in [0.05, 0.1) is 5.69 Å². The number of halogens is 1. The number of aromatic nitrogens is 3. The molecule has 0 bridgehead atoms. The van der Waals surface area contributed by atoms with Crippen molar-refractivity contribution in [1.29, 1.82) is 0 Å². The lowest BCUT2D eigenvalue weighted by Gasteiger charge is -2.29. The van der Waals surface area contributed by atoms with Crippen LogP contribution in [0.25, 0.3) is 28.5 Å². The zero-order valence-electron chi connectivity index (χ0n) is 24.7. The summed E-state index contributed by atoms with van der Waals surface area (Å²) in [7, 11) is 0. The number of rotatable bonds is 7. The van der Waals surface area contributed by atoms with Gasteiger partial charge in [-0.25, -0.2) is 14.1 Å². The summed E-state index contributed by atoms with van der Waals surface area (Å²) in [5.41, 5.74) is 7.76. The molecule has 38 heavy (non-hydrogen) atoms. The van der Waals surface area contributed by atoms with Crippen LogP contribution in [0.4, 0.5) is 4.39 Å². The topological polar surface area (TPSA) is 30.7 Å². The molecular formula is C34H44FN3. The van der Waals surface area contributed by atoms with Gasteiger partial charge in [-0.05, 0) is 57.4 Å². The Morgan fingerprint density at radius 2 is 1.47 bits per heavy atom. The van der Waals surface area contributed by atoms with Crippen LogP contribution in [0.5, 0.6) is 0 Å². The monoisotopic (exact) mass is 513 g/mol. The number of hydrogen-bond donors (Lipinski definition) is 0. The van der Waals surface area contributed by atoms with E-state index in [1.807, 2.05) is 54.9 Å². The van der Waals surface area contributed by atoms with Gasteiger partial charge in [-0.2, -0.15) is 0 Å². The maximum absolute atomic E-state index is 14.7. The Labute approximate surface area is 229 Å². The van der Waals surface area contributed by atoms with Crippen molar-refractivity contribution in [3.05, 3.63) is 88.5 Å². The van der Waals surface area contributed by atoms with Gasteiger partial charge < -0.3 is 0 Å². The SMILES string of the molecule is CCCCC.Cc1cccc(-c2nc(-c3ccccc3C(C)(C)[C@@H](C)F)n(-c3c(C)cc(C)cc3C)n2)c1. The van der Waals surface area contributed by atoms with E-state index in [0.29, 0.717) is 5.82 Å². The minimum Gasteiger partial charge on any atom is -0.247 e. The smallest absolute Gasteiger partial charge is 0.182 e. The van der Waals surface area contributed by atoms with E-state index in [-0.39, 0.29) is 0 Å². The second-order valence-electron chi connectivity index (χ2n) is 11.0. The highest BCUT2D eigenvalue weighted by Gasteiger charge is 2.32. The summed E-state index contributed by atoms with van der Waals surface area (Å²) in [6.07, 6.45) is 3.06. The van der Waals surface area contributed by atoms with Crippen molar-refractivity contribution in [2.45, 2.75) is 93.2 Å². The Hall–Kier alpha value is -3.27. The normalized spacial score (nSPS) is 12.2. The van der Waals surface area contributed by atoms with Crippen LogP contribution >= 0.6 is 0 Å². The summed E-state index contributed by atoms with van der Waals surface area (Å²) in [5.74, 6) is 1.39. The van der Waals surface area contributed by atoms with Gasteiger partial charge >= 0.3 is 0 Å². The Morgan fingerprint density at radius 1 is 0.842 bits per heavy atom. The van der Waals surface area contributed by atoms with Crippen LogP contribution in [-0.2, 0) is 5.41 Å². The van der Waals surface area contributed by atoms with Gasteiger partial charge in [0.15, 0.2) is 11.6 Å². The van der Waals surface area contributed by atoms with Crippen molar-refractivity contribution < 1.29 is 4.39 Å². The molecule has 0 spiro atoms. The number of alkyl halides is 1. The van der Waals surface area contributed by atoms with Gasteiger partial charge in [0, 0.05) is 16.5 Å². The number of hydrogen-bond acceptors (Lipinski definition) is 2. The highest BCUT2D eigenvalue weighted by atomic mass is 19.1. The zero-order valence-corrected chi connectivity index (χ0v) is 24.7. The summed E-state index contributed by atoms with van der Waals surface area (Å²) < 4.78 is 16.7. The third kappa shape index (κ3) is 6.40. The predicted molar refractivity (Wildman–Crippen MR) is 160 cm³/mol. The minimum absolute atomic E-state index is 0.661. The molecule has 4 heteroatoms. The molecule has 0 saturated heterocycles. The first kappa shape index (κ1) is 29.3. The van der Waals surface area contributed by atoms with Gasteiger partial charge in [0.1, 0.15) is 6.17 Å². The molecule has 1 aromatic heterocycles. The van der Waals surface area contributed by atoms with Gasteiger partial charge in [-0.1, -0.05) is 113 Å².